The first-order valence-electron chi connectivity index (χ1n) is 6.51. The molecule has 0 aromatic carbocycles. The van der Waals surface area contributed by atoms with Gasteiger partial charge in [0.1, 0.15) is 0 Å². The molecule has 0 bridgehead atoms. The third kappa shape index (κ3) is 4.84. The Morgan fingerprint density at radius 3 is 2.59 bits per heavy atom. The van der Waals surface area contributed by atoms with Crippen LogP contribution in [0.4, 0.5) is 0 Å². The van der Waals surface area contributed by atoms with E-state index in [0.29, 0.717) is 12.0 Å². The Kier molecular flexibility index (Phi) is 6.16. The van der Waals surface area contributed by atoms with E-state index in [9.17, 15) is 0 Å². The number of aromatic nitrogens is 1. The van der Waals surface area contributed by atoms with E-state index in [1.165, 1.54) is 0 Å². The predicted molar refractivity (Wildman–Crippen MR) is 72.6 cm³/mol. The van der Waals surface area contributed by atoms with Crippen LogP contribution in [-0.2, 0) is 6.54 Å². The standard InChI is InChI=1S/C14H25N3/c1-4-17(14(10-15)9-12(2)3)11-13-7-5-6-8-16-13/h5-8,12,14H,4,9-11,15H2,1-3H3. The smallest absolute Gasteiger partial charge is 0.0544 e. The number of rotatable bonds is 7. The highest BCUT2D eigenvalue weighted by atomic mass is 15.2. The molecular formula is C14H25N3. The maximum absolute atomic E-state index is 5.89. The van der Waals surface area contributed by atoms with Crippen LogP contribution in [0, 0.1) is 5.92 Å². The molecule has 1 unspecified atom stereocenters. The molecule has 2 N–H and O–H groups in total. The van der Waals surface area contributed by atoms with Gasteiger partial charge in [-0.25, -0.2) is 0 Å². The molecule has 0 saturated carbocycles. The molecule has 0 fully saturated rings. The lowest BCUT2D eigenvalue weighted by atomic mass is 10.0. The number of pyridine rings is 1. The van der Waals surface area contributed by atoms with Crippen molar-refractivity contribution in [3.05, 3.63) is 30.1 Å². The summed E-state index contributed by atoms with van der Waals surface area (Å²) in [6, 6.07) is 6.53. The summed E-state index contributed by atoms with van der Waals surface area (Å²) in [7, 11) is 0. The second kappa shape index (κ2) is 7.41. The number of hydrogen-bond acceptors (Lipinski definition) is 3. The van der Waals surface area contributed by atoms with Gasteiger partial charge in [-0.15, -0.1) is 0 Å². The molecule has 1 heterocycles. The Morgan fingerprint density at radius 1 is 1.35 bits per heavy atom. The number of nitrogens with two attached hydrogens (primary N) is 1. The fourth-order valence-corrected chi connectivity index (χ4v) is 2.14. The van der Waals surface area contributed by atoms with Gasteiger partial charge in [0.05, 0.1) is 5.69 Å². The molecule has 96 valence electrons. The SMILES string of the molecule is CCN(Cc1ccccn1)C(CN)CC(C)C. The van der Waals surface area contributed by atoms with Crippen molar-refractivity contribution >= 4 is 0 Å². The highest BCUT2D eigenvalue weighted by molar-refractivity contribution is 5.03. The summed E-state index contributed by atoms with van der Waals surface area (Å²) in [5, 5.41) is 0. The van der Waals surface area contributed by atoms with Gasteiger partial charge in [0, 0.05) is 25.3 Å². The Morgan fingerprint density at radius 2 is 2.12 bits per heavy atom. The average molecular weight is 235 g/mol. The molecule has 0 amide bonds. The fraction of sp³-hybridized carbons (Fsp3) is 0.643. The van der Waals surface area contributed by atoms with E-state index in [4.69, 9.17) is 5.73 Å². The van der Waals surface area contributed by atoms with E-state index in [1.807, 2.05) is 18.3 Å². The lowest BCUT2D eigenvalue weighted by Crippen LogP contribution is -2.41. The lowest BCUT2D eigenvalue weighted by Gasteiger charge is -2.30. The second-order valence-corrected chi connectivity index (χ2v) is 4.90. The molecule has 0 spiro atoms. The Bertz CT molecular complexity index is 298. The molecular weight excluding hydrogens is 210 g/mol. The predicted octanol–water partition coefficient (Wildman–Crippen LogP) is 2.28. The summed E-state index contributed by atoms with van der Waals surface area (Å²) < 4.78 is 0. The second-order valence-electron chi connectivity index (χ2n) is 4.90. The molecule has 1 atom stereocenters. The largest absolute Gasteiger partial charge is 0.329 e. The van der Waals surface area contributed by atoms with Crippen molar-refractivity contribution in [2.75, 3.05) is 13.1 Å². The minimum atomic E-state index is 0.460. The summed E-state index contributed by atoms with van der Waals surface area (Å²) in [4.78, 5) is 6.80. The van der Waals surface area contributed by atoms with E-state index < -0.39 is 0 Å². The van der Waals surface area contributed by atoms with Gasteiger partial charge in [-0.2, -0.15) is 0 Å². The summed E-state index contributed by atoms with van der Waals surface area (Å²) >= 11 is 0. The molecule has 3 nitrogen and oxygen atoms in total. The molecule has 0 aliphatic carbocycles. The van der Waals surface area contributed by atoms with Crippen molar-refractivity contribution in [2.24, 2.45) is 11.7 Å². The first-order chi connectivity index (χ1) is 8.17. The van der Waals surface area contributed by atoms with Crippen molar-refractivity contribution in [3.63, 3.8) is 0 Å². The third-order valence-corrected chi connectivity index (χ3v) is 3.03. The highest BCUT2D eigenvalue weighted by Crippen LogP contribution is 2.13. The minimum absolute atomic E-state index is 0.460. The van der Waals surface area contributed by atoms with Crippen molar-refractivity contribution in [1.29, 1.82) is 0 Å². The molecule has 1 aromatic rings. The normalized spacial score (nSPS) is 13.3. The van der Waals surface area contributed by atoms with Crippen molar-refractivity contribution in [1.82, 2.24) is 9.88 Å². The minimum Gasteiger partial charge on any atom is -0.329 e. The van der Waals surface area contributed by atoms with Gasteiger partial charge >= 0.3 is 0 Å². The first kappa shape index (κ1) is 14.1. The van der Waals surface area contributed by atoms with E-state index in [1.54, 1.807) is 0 Å². The zero-order chi connectivity index (χ0) is 12.7. The van der Waals surface area contributed by atoms with Crippen LogP contribution in [0.1, 0.15) is 32.9 Å². The van der Waals surface area contributed by atoms with Crippen molar-refractivity contribution in [3.8, 4) is 0 Å². The summed E-state index contributed by atoms with van der Waals surface area (Å²) in [6.45, 7) is 9.32. The van der Waals surface area contributed by atoms with Gasteiger partial charge in [-0.3, -0.25) is 9.88 Å². The van der Waals surface area contributed by atoms with E-state index in [2.05, 4.69) is 36.7 Å². The molecule has 0 aliphatic heterocycles. The Balaban J connectivity index is 2.63. The van der Waals surface area contributed by atoms with Gasteiger partial charge in [-0.05, 0) is 31.0 Å². The number of nitrogens with zero attached hydrogens (tertiary/aromatic N) is 2. The fourth-order valence-electron chi connectivity index (χ4n) is 2.14. The lowest BCUT2D eigenvalue weighted by molar-refractivity contribution is 0.176. The van der Waals surface area contributed by atoms with Gasteiger partial charge in [0.15, 0.2) is 0 Å². The Hall–Kier alpha value is -0.930. The van der Waals surface area contributed by atoms with Gasteiger partial charge in [0.25, 0.3) is 0 Å². The quantitative estimate of drug-likeness (QED) is 0.788. The number of likely N-dealkylation sites (N-methyl/N-ethyl adjacent to an activating group) is 1. The maximum Gasteiger partial charge on any atom is 0.0544 e. The summed E-state index contributed by atoms with van der Waals surface area (Å²) in [6.07, 6.45) is 3.00. The third-order valence-electron chi connectivity index (χ3n) is 3.03. The van der Waals surface area contributed by atoms with E-state index >= 15 is 0 Å². The van der Waals surface area contributed by atoms with Crippen LogP contribution in [0.5, 0.6) is 0 Å². The molecule has 1 rings (SSSR count). The summed E-state index contributed by atoms with van der Waals surface area (Å²) in [5.74, 6) is 0.682. The van der Waals surface area contributed by atoms with Gasteiger partial charge in [-0.1, -0.05) is 26.8 Å². The summed E-state index contributed by atoms with van der Waals surface area (Å²) in [5.41, 5.74) is 7.01. The molecule has 0 aliphatic rings. The first-order valence-corrected chi connectivity index (χ1v) is 6.51. The van der Waals surface area contributed by atoms with Crippen LogP contribution < -0.4 is 5.73 Å². The Labute approximate surface area is 105 Å². The molecule has 0 saturated heterocycles. The van der Waals surface area contributed by atoms with Crippen LogP contribution in [-0.4, -0.2) is 29.0 Å². The zero-order valence-corrected chi connectivity index (χ0v) is 11.3. The number of hydrogen-bond donors (Lipinski definition) is 1. The van der Waals surface area contributed by atoms with Crippen LogP contribution in [0.2, 0.25) is 0 Å². The molecule has 0 radical (unpaired) electrons. The van der Waals surface area contributed by atoms with E-state index in [-0.39, 0.29) is 0 Å². The van der Waals surface area contributed by atoms with Gasteiger partial charge in [0.2, 0.25) is 0 Å². The van der Waals surface area contributed by atoms with Crippen LogP contribution in [0.15, 0.2) is 24.4 Å². The van der Waals surface area contributed by atoms with Crippen molar-refractivity contribution in [2.45, 2.75) is 39.8 Å². The van der Waals surface area contributed by atoms with E-state index in [0.717, 1.165) is 31.7 Å². The highest BCUT2D eigenvalue weighted by Gasteiger charge is 2.17. The van der Waals surface area contributed by atoms with Crippen molar-refractivity contribution < 1.29 is 0 Å². The topological polar surface area (TPSA) is 42.2 Å². The average Bonchev–Trinajstić information content (AvgIpc) is 2.34. The monoisotopic (exact) mass is 235 g/mol. The van der Waals surface area contributed by atoms with Crippen LogP contribution in [0.3, 0.4) is 0 Å². The zero-order valence-electron chi connectivity index (χ0n) is 11.3. The maximum atomic E-state index is 5.89. The molecule has 3 heteroatoms. The molecule has 17 heavy (non-hydrogen) atoms. The van der Waals surface area contributed by atoms with Crippen LogP contribution in [0.25, 0.3) is 0 Å². The van der Waals surface area contributed by atoms with Gasteiger partial charge < -0.3 is 5.73 Å². The molecule has 1 aromatic heterocycles. The van der Waals surface area contributed by atoms with Crippen LogP contribution >= 0.6 is 0 Å².